The Hall–Kier alpha value is -3.43. The van der Waals surface area contributed by atoms with E-state index < -0.39 is 5.91 Å². The normalized spacial score (nSPS) is 11.2. The summed E-state index contributed by atoms with van der Waals surface area (Å²) in [5.41, 5.74) is 4.50. The van der Waals surface area contributed by atoms with E-state index >= 15 is 0 Å². The number of thiazole rings is 1. The van der Waals surface area contributed by atoms with Crippen LogP contribution in [0.4, 0.5) is 9.52 Å². The largest absolute Gasteiger partial charge is 0.435 e. The number of carbonyl (C=O) groups excluding carboxylic acids is 1. The summed E-state index contributed by atoms with van der Waals surface area (Å²) < 4.78 is 18.8. The Morgan fingerprint density at radius 3 is 2.61 bits per heavy atom. The minimum absolute atomic E-state index is 0.0483. The molecule has 1 amide bonds. The third-order valence-corrected chi connectivity index (χ3v) is 5.63. The first-order valence-electron chi connectivity index (χ1n) is 10.5. The van der Waals surface area contributed by atoms with Gasteiger partial charge >= 0.3 is 0 Å². The first-order valence-corrected chi connectivity index (χ1v) is 11.4. The number of halogens is 1. The van der Waals surface area contributed by atoms with Gasteiger partial charge in [-0.15, -0.1) is 11.3 Å². The number of aromatic nitrogens is 3. The zero-order chi connectivity index (χ0) is 23.5. The number of hydrogen-bond acceptors (Lipinski definition) is 7. The van der Waals surface area contributed by atoms with Gasteiger partial charge in [-0.05, 0) is 42.3 Å². The molecule has 2 N–H and O–H groups in total. The molecular weight excluding hydrogens is 441 g/mol. The van der Waals surface area contributed by atoms with Crippen LogP contribution in [-0.4, -0.2) is 26.9 Å². The molecule has 0 saturated carbocycles. The quantitative estimate of drug-likeness (QED) is 0.381. The Bertz CT molecular complexity index is 1280. The van der Waals surface area contributed by atoms with E-state index in [9.17, 15) is 9.18 Å². The summed E-state index contributed by atoms with van der Waals surface area (Å²) in [4.78, 5) is 26.3. The molecule has 4 aromatic rings. The molecule has 3 heterocycles. The Labute approximate surface area is 195 Å². The van der Waals surface area contributed by atoms with Gasteiger partial charge in [0.05, 0.1) is 5.69 Å². The molecule has 0 aliphatic carbocycles. The van der Waals surface area contributed by atoms with Crippen molar-refractivity contribution in [3.8, 4) is 22.6 Å². The number of amides is 1. The lowest BCUT2D eigenvalue weighted by Gasteiger charge is -2.09. The number of rotatable bonds is 7. The smallest absolute Gasteiger partial charge is 0.295 e. The lowest BCUT2D eigenvalue weighted by atomic mass is 10.1. The van der Waals surface area contributed by atoms with E-state index in [0.29, 0.717) is 34.0 Å². The van der Waals surface area contributed by atoms with Crippen LogP contribution in [0.3, 0.4) is 0 Å². The monoisotopic (exact) mass is 465 g/mol. The summed E-state index contributed by atoms with van der Waals surface area (Å²) in [6, 6.07) is 8.22. The van der Waals surface area contributed by atoms with Gasteiger partial charge in [0.15, 0.2) is 11.0 Å². The van der Waals surface area contributed by atoms with Crippen LogP contribution in [0.5, 0.6) is 0 Å². The molecule has 0 fully saturated rings. The van der Waals surface area contributed by atoms with Gasteiger partial charge in [-0.3, -0.25) is 15.1 Å². The lowest BCUT2D eigenvalue weighted by Crippen LogP contribution is -2.21. The minimum Gasteiger partial charge on any atom is -0.435 e. The fourth-order valence-electron chi connectivity index (χ4n) is 3.30. The van der Waals surface area contributed by atoms with Gasteiger partial charge in [-0.2, -0.15) is 0 Å². The van der Waals surface area contributed by atoms with Crippen molar-refractivity contribution in [2.75, 3.05) is 5.32 Å². The van der Waals surface area contributed by atoms with Gasteiger partial charge in [-0.1, -0.05) is 19.9 Å². The molecule has 3 aromatic heterocycles. The molecule has 0 aliphatic heterocycles. The highest BCUT2D eigenvalue weighted by atomic mass is 32.1. The summed E-state index contributed by atoms with van der Waals surface area (Å²) >= 11 is 1.30. The van der Waals surface area contributed by atoms with Crippen LogP contribution in [0.2, 0.25) is 0 Å². The van der Waals surface area contributed by atoms with E-state index in [-0.39, 0.29) is 11.6 Å². The number of oxazole rings is 1. The summed E-state index contributed by atoms with van der Waals surface area (Å²) in [7, 11) is 0. The van der Waals surface area contributed by atoms with Crippen LogP contribution in [0.15, 0.2) is 46.3 Å². The molecule has 33 heavy (non-hydrogen) atoms. The molecule has 0 bridgehead atoms. The molecule has 0 radical (unpaired) electrons. The average Bonchev–Trinajstić information content (AvgIpc) is 3.39. The van der Waals surface area contributed by atoms with Crippen molar-refractivity contribution in [2.24, 2.45) is 0 Å². The standard InChI is InChI=1S/C24H24FN5O2S/c1-13(2)26-10-16-9-14(3)20(27-11-16)19-12-33-24(29-19)30-23(31)22-21(28-15(4)32-22)17-5-7-18(25)8-6-17/h5-9,11-13,26H,10H2,1-4H3,(H,29,30,31). The second-order valence-electron chi connectivity index (χ2n) is 7.95. The zero-order valence-corrected chi connectivity index (χ0v) is 19.6. The molecule has 9 heteroatoms. The van der Waals surface area contributed by atoms with E-state index in [0.717, 1.165) is 23.4 Å². The van der Waals surface area contributed by atoms with Gasteiger partial charge in [0, 0.05) is 36.7 Å². The van der Waals surface area contributed by atoms with E-state index in [1.165, 1.54) is 23.5 Å². The number of pyridine rings is 1. The summed E-state index contributed by atoms with van der Waals surface area (Å²) in [6.45, 7) is 8.59. The number of hydrogen-bond donors (Lipinski definition) is 2. The average molecular weight is 466 g/mol. The lowest BCUT2D eigenvalue weighted by molar-refractivity contribution is 0.0996. The minimum atomic E-state index is -0.476. The van der Waals surface area contributed by atoms with Crippen LogP contribution in [0, 0.1) is 19.7 Å². The third kappa shape index (κ3) is 5.32. The van der Waals surface area contributed by atoms with Gasteiger partial charge < -0.3 is 9.73 Å². The number of aryl methyl sites for hydroxylation is 2. The van der Waals surface area contributed by atoms with Crippen molar-refractivity contribution in [1.82, 2.24) is 20.3 Å². The number of benzene rings is 1. The SMILES string of the molecule is Cc1nc(-c2ccc(F)cc2)c(C(=O)Nc2nc(-c3ncc(CNC(C)C)cc3C)cs2)o1. The van der Waals surface area contributed by atoms with Gasteiger partial charge in [-0.25, -0.2) is 14.4 Å². The van der Waals surface area contributed by atoms with Crippen molar-refractivity contribution in [1.29, 1.82) is 0 Å². The Morgan fingerprint density at radius 2 is 1.91 bits per heavy atom. The Morgan fingerprint density at radius 1 is 1.15 bits per heavy atom. The molecule has 0 spiro atoms. The topological polar surface area (TPSA) is 92.9 Å². The third-order valence-electron chi connectivity index (χ3n) is 4.87. The van der Waals surface area contributed by atoms with E-state index in [2.05, 4.69) is 45.5 Å². The van der Waals surface area contributed by atoms with Gasteiger partial charge in [0.1, 0.15) is 17.2 Å². The maximum Gasteiger partial charge on any atom is 0.295 e. The second kappa shape index (κ2) is 9.60. The summed E-state index contributed by atoms with van der Waals surface area (Å²) in [5, 5.41) is 8.41. The van der Waals surface area contributed by atoms with Crippen molar-refractivity contribution in [2.45, 2.75) is 40.3 Å². The second-order valence-corrected chi connectivity index (χ2v) is 8.81. The first kappa shape index (κ1) is 22.8. The predicted molar refractivity (Wildman–Crippen MR) is 127 cm³/mol. The molecule has 1 aromatic carbocycles. The molecule has 0 saturated heterocycles. The fourth-order valence-corrected chi connectivity index (χ4v) is 3.99. The number of nitrogens with zero attached hydrogens (tertiary/aromatic N) is 3. The van der Waals surface area contributed by atoms with Gasteiger partial charge in [0.2, 0.25) is 5.76 Å². The van der Waals surface area contributed by atoms with Crippen LogP contribution in [0.25, 0.3) is 22.6 Å². The Kier molecular flexibility index (Phi) is 6.62. The molecule has 0 aliphatic rings. The molecule has 4 rings (SSSR count). The fraction of sp³-hybridized carbons (Fsp3) is 0.250. The van der Waals surface area contributed by atoms with E-state index in [4.69, 9.17) is 4.42 Å². The molecule has 170 valence electrons. The summed E-state index contributed by atoms with van der Waals surface area (Å²) in [6.07, 6.45) is 1.83. The molecule has 0 atom stereocenters. The molecule has 7 nitrogen and oxygen atoms in total. The van der Waals surface area contributed by atoms with Crippen LogP contribution in [-0.2, 0) is 6.54 Å². The summed E-state index contributed by atoms with van der Waals surface area (Å²) in [5.74, 6) is -0.456. The zero-order valence-electron chi connectivity index (χ0n) is 18.8. The van der Waals surface area contributed by atoms with Gasteiger partial charge in [0.25, 0.3) is 5.91 Å². The predicted octanol–water partition coefficient (Wildman–Crippen LogP) is 5.37. The van der Waals surface area contributed by atoms with Crippen molar-refractivity contribution >= 4 is 22.4 Å². The Balaban J connectivity index is 1.52. The maximum absolute atomic E-state index is 13.3. The number of nitrogens with one attached hydrogen (secondary N) is 2. The highest BCUT2D eigenvalue weighted by Crippen LogP contribution is 2.28. The molecular formula is C24H24FN5O2S. The van der Waals surface area contributed by atoms with E-state index in [1.54, 1.807) is 19.1 Å². The highest BCUT2D eigenvalue weighted by molar-refractivity contribution is 7.14. The first-order chi connectivity index (χ1) is 15.8. The van der Waals surface area contributed by atoms with E-state index in [1.807, 2.05) is 18.5 Å². The number of carbonyl (C=O) groups is 1. The maximum atomic E-state index is 13.3. The van der Waals surface area contributed by atoms with Crippen LogP contribution >= 0.6 is 11.3 Å². The number of anilines is 1. The molecule has 0 unspecified atom stereocenters. The van der Waals surface area contributed by atoms with Crippen LogP contribution < -0.4 is 10.6 Å². The van der Waals surface area contributed by atoms with Crippen molar-refractivity contribution < 1.29 is 13.6 Å². The van der Waals surface area contributed by atoms with Crippen molar-refractivity contribution in [3.63, 3.8) is 0 Å². The van der Waals surface area contributed by atoms with Crippen molar-refractivity contribution in [3.05, 3.63) is 70.5 Å². The highest BCUT2D eigenvalue weighted by Gasteiger charge is 2.22. The van der Waals surface area contributed by atoms with Crippen LogP contribution in [0.1, 0.15) is 41.4 Å².